The molecule has 6 nitrogen and oxygen atoms in total. The van der Waals surface area contributed by atoms with Crippen molar-refractivity contribution in [1.29, 1.82) is 0 Å². The fourth-order valence-electron chi connectivity index (χ4n) is 2.99. The lowest BCUT2D eigenvalue weighted by molar-refractivity contribution is -0.131. The Morgan fingerprint density at radius 3 is 2.42 bits per heavy atom. The molecule has 0 bridgehead atoms. The molecule has 2 aromatic carbocycles. The quantitative estimate of drug-likeness (QED) is 0.884. The number of amides is 2. The molecule has 0 fully saturated rings. The van der Waals surface area contributed by atoms with Gasteiger partial charge in [-0.2, -0.15) is 0 Å². The zero-order valence-corrected chi connectivity index (χ0v) is 15.1. The zero-order valence-electron chi connectivity index (χ0n) is 15.1. The molecule has 1 aliphatic heterocycles. The molecule has 136 valence electrons. The largest absolute Gasteiger partial charge is 0.485 e. The molecule has 0 aliphatic carbocycles. The molecule has 1 atom stereocenters. The second-order valence-corrected chi connectivity index (χ2v) is 6.40. The molecule has 0 spiro atoms. The average Bonchev–Trinajstić information content (AvgIpc) is 2.62. The van der Waals surface area contributed by atoms with Crippen molar-refractivity contribution in [3.8, 4) is 11.5 Å². The molecular formula is C20H22N2O4. The fraction of sp³-hybridized carbons (Fsp3) is 0.300. The minimum absolute atomic E-state index is 0.112. The van der Waals surface area contributed by atoms with Crippen molar-refractivity contribution >= 4 is 17.5 Å². The van der Waals surface area contributed by atoms with Crippen molar-refractivity contribution < 1.29 is 19.1 Å². The first-order chi connectivity index (χ1) is 12.4. The van der Waals surface area contributed by atoms with Gasteiger partial charge >= 0.3 is 0 Å². The Balaban J connectivity index is 1.54. The van der Waals surface area contributed by atoms with Gasteiger partial charge < -0.3 is 20.1 Å². The number of aryl methyl sites for hydroxylation is 3. The highest BCUT2D eigenvalue weighted by Gasteiger charge is 2.27. The van der Waals surface area contributed by atoms with E-state index in [0.717, 1.165) is 22.4 Å². The van der Waals surface area contributed by atoms with Gasteiger partial charge in [0, 0.05) is 5.69 Å². The van der Waals surface area contributed by atoms with Crippen molar-refractivity contribution in [3.63, 3.8) is 0 Å². The predicted octanol–water partition coefficient (Wildman–Crippen LogP) is 2.51. The Labute approximate surface area is 152 Å². The summed E-state index contributed by atoms with van der Waals surface area (Å²) in [5.41, 5.74) is 3.90. The summed E-state index contributed by atoms with van der Waals surface area (Å²) in [7, 11) is 0. The lowest BCUT2D eigenvalue weighted by Crippen LogP contribution is -2.46. The summed E-state index contributed by atoms with van der Waals surface area (Å²) in [4.78, 5) is 24.4. The molecule has 1 heterocycles. The zero-order chi connectivity index (χ0) is 18.7. The fourth-order valence-corrected chi connectivity index (χ4v) is 2.99. The Kier molecular flexibility index (Phi) is 5.11. The molecule has 2 aromatic rings. The van der Waals surface area contributed by atoms with Crippen LogP contribution in [-0.4, -0.2) is 31.1 Å². The van der Waals surface area contributed by atoms with Gasteiger partial charge in [0.05, 0.1) is 6.54 Å². The van der Waals surface area contributed by atoms with E-state index in [4.69, 9.17) is 9.47 Å². The number of hydrogen-bond acceptors (Lipinski definition) is 4. The number of carbonyl (C=O) groups excluding carboxylic acids is 2. The summed E-state index contributed by atoms with van der Waals surface area (Å²) in [5.74, 6) is 0.464. The van der Waals surface area contributed by atoms with E-state index in [1.807, 2.05) is 45.0 Å². The van der Waals surface area contributed by atoms with E-state index in [1.165, 1.54) is 0 Å². The first-order valence-corrected chi connectivity index (χ1v) is 8.48. The molecule has 6 heteroatoms. The van der Waals surface area contributed by atoms with E-state index in [0.29, 0.717) is 11.5 Å². The second-order valence-electron chi connectivity index (χ2n) is 6.40. The number of para-hydroxylation sites is 2. The van der Waals surface area contributed by atoms with Crippen LogP contribution in [0.1, 0.15) is 16.7 Å². The number of benzene rings is 2. The van der Waals surface area contributed by atoms with Crippen LogP contribution in [-0.2, 0) is 9.59 Å². The van der Waals surface area contributed by atoms with Gasteiger partial charge in [0.2, 0.25) is 12.0 Å². The monoisotopic (exact) mass is 354 g/mol. The molecule has 0 radical (unpaired) electrons. The highest BCUT2D eigenvalue weighted by Crippen LogP contribution is 2.30. The first kappa shape index (κ1) is 17.8. The number of anilines is 1. The summed E-state index contributed by atoms with van der Waals surface area (Å²) in [6.07, 6.45) is -0.777. The SMILES string of the molecule is Cc1cc(C)c(NC(=O)CNC(=O)C2COc3ccccc3O2)c(C)c1. The number of fused-ring (bicyclic) bond motifs is 1. The molecule has 2 amide bonds. The van der Waals surface area contributed by atoms with Crippen molar-refractivity contribution in [2.75, 3.05) is 18.5 Å². The predicted molar refractivity (Wildman–Crippen MR) is 98.6 cm³/mol. The van der Waals surface area contributed by atoms with Gasteiger partial charge in [-0.25, -0.2) is 0 Å². The van der Waals surface area contributed by atoms with E-state index >= 15 is 0 Å². The van der Waals surface area contributed by atoms with Crippen molar-refractivity contribution in [1.82, 2.24) is 5.32 Å². The second kappa shape index (κ2) is 7.47. The number of carbonyl (C=O) groups is 2. The number of ether oxygens (including phenoxy) is 2. The Hall–Kier alpha value is -3.02. The van der Waals surface area contributed by atoms with Crippen molar-refractivity contribution in [3.05, 3.63) is 53.1 Å². The van der Waals surface area contributed by atoms with Gasteiger partial charge in [-0.05, 0) is 44.0 Å². The standard InChI is InChI=1S/C20H22N2O4/c1-12-8-13(2)19(14(3)9-12)22-18(23)10-21-20(24)17-11-25-15-6-4-5-7-16(15)26-17/h4-9,17H,10-11H2,1-3H3,(H,21,24)(H,22,23). The summed E-state index contributed by atoms with van der Waals surface area (Å²) >= 11 is 0. The lowest BCUT2D eigenvalue weighted by Gasteiger charge is -2.25. The minimum Gasteiger partial charge on any atom is -0.485 e. The Bertz CT molecular complexity index is 824. The van der Waals surface area contributed by atoms with E-state index < -0.39 is 6.10 Å². The molecule has 0 aromatic heterocycles. The van der Waals surface area contributed by atoms with Crippen LogP contribution in [0, 0.1) is 20.8 Å². The Morgan fingerprint density at radius 1 is 1.08 bits per heavy atom. The molecule has 0 saturated heterocycles. The van der Waals surface area contributed by atoms with E-state index in [1.54, 1.807) is 12.1 Å². The van der Waals surface area contributed by atoms with Crippen LogP contribution in [0.2, 0.25) is 0 Å². The molecule has 26 heavy (non-hydrogen) atoms. The smallest absolute Gasteiger partial charge is 0.265 e. The van der Waals surface area contributed by atoms with Crippen molar-refractivity contribution in [2.24, 2.45) is 0 Å². The lowest BCUT2D eigenvalue weighted by atomic mass is 10.1. The summed E-state index contributed by atoms with van der Waals surface area (Å²) in [5, 5.41) is 5.45. The van der Waals surface area contributed by atoms with Gasteiger partial charge in [0.25, 0.3) is 5.91 Å². The van der Waals surface area contributed by atoms with Crippen LogP contribution in [0.15, 0.2) is 36.4 Å². The maximum atomic E-state index is 12.2. The average molecular weight is 354 g/mol. The normalized spacial score (nSPS) is 15.3. The van der Waals surface area contributed by atoms with E-state index in [2.05, 4.69) is 10.6 Å². The number of nitrogens with one attached hydrogen (secondary N) is 2. The molecular weight excluding hydrogens is 332 g/mol. The molecule has 1 aliphatic rings. The van der Waals surface area contributed by atoms with Crippen molar-refractivity contribution in [2.45, 2.75) is 26.9 Å². The minimum atomic E-state index is -0.777. The first-order valence-electron chi connectivity index (χ1n) is 8.48. The maximum absolute atomic E-state index is 12.2. The molecule has 2 N–H and O–H groups in total. The third-order valence-corrected chi connectivity index (χ3v) is 4.17. The third-order valence-electron chi connectivity index (χ3n) is 4.17. The van der Waals surface area contributed by atoms with Crippen LogP contribution >= 0.6 is 0 Å². The van der Waals surface area contributed by atoms with Gasteiger partial charge in [0.15, 0.2) is 11.5 Å². The van der Waals surface area contributed by atoms with E-state index in [9.17, 15) is 9.59 Å². The van der Waals surface area contributed by atoms with Crippen LogP contribution in [0.3, 0.4) is 0 Å². The van der Waals surface area contributed by atoms with Gasteiger partial charge in [-0.3, -0.25) is 9.59 Å². The van der Waals surface area contributed by atoms with Crippen LogP contribution in [0.4, 0.5) is 5.69 Å². The van der Waals surface area contributed by atoms with Crippen LogP contribution in [0.5, 0.6) is 11.5 Å². The van der Waals surface area contributed by atoms with Gasteiger partial charge in [0.1, 0.15) is 6.61 Å². The molecule has 0 saturated carbocycles. The Morgan fingerprint density at radius 2 is 1.73 bits per heavy atom. The van der Waals surface area contributed by atoms with Crippen LogP contribution < -0.4 is 20.1 Å². The number of rotatable bonds is 4. The van der Waals surface area contributed by atoms with Gasteiger partial charge in [-0.15, -0.1) is 0 Å². The summed E-state index contributed by atoms with van der Waals surface area (Å²) in [6.45, 7) is 5.88. The summed E-state index contributed by atoms with van der Waals surface area (Å²) in [6, 6.07) is 11.2. The molecule has 3 rings (SSSR count). The van der Waals surface area contributed by atoms with Crippen LogP contribution in [0.25, 0.3) is 0 Å². The third kappa shape index (κ3) is 3.96. The highest BCUT2D eigenvalue weighted by molar-refractivity contribution is 5.96. The maximum Gasteiger partial charge on any atom is 0.265 e. The van der Waals surface area contributed by atoms with E-state index in [-0.39, 0.29) is 25.0 Å². The highest BCUT2D eigenvalue weighted by atomic mass is 16.6. The molecule has 1 unspecified atom stereocenters. The number of hydrogen-bond donors (Lipinski definition) is 2. The topological polar surface area (TPSA) is 76.7 Å². The summed E-state index contributed by atoms with van der Waals surface area (Å²) < 4.78 is 11.1. The van der Waals surface area contributed by atoms with Gasteiger partial charge in [-0.1, -0.05) is 29.8 Å².